The fourth-order valence-corrected chi connectivity index (χ4v) is 4.47. The molecule has 0 bridgehead atoms. The maximum absolute atomic E-state index is 6.81. The van der Waals surface area contributed by atoms with Crippen molar-refractivity contribution in [2.45, 2.75) is 45.6 Å². The summed E-state index contributed by atoms with van der Waals surface area (Å²) in [7, 11) is 0. The Morgan fingerprint density at radius 1 is 0.829 bits per heavy atom. The van der Waals surface area contributed by atoms with Crippen LogP contribution in [0.2, 0.25) is 5.02 Å². The Morgan fingerprint density at radius 3 is 2.03 bits per heavy atom. The largest absolute Gasteiger partial charge is 0.382 e. The maximum Gasteiger partial charge on any atom is 0.0781 e. The molecule has 1 N–H and O–H groups in total. The molecule has 0 fully saturated rings. The lowest BCUT2D eigenvalue weighted by Gasteiger charge is -2.21. The number of benzene rings is 4. The van der Waals surface area contributed by atoms with Gasteiger partial charge in [0.25, 0.3) is 0 Å². The number of anilines is 1. The van der Waals surface area contributed by atoms with Crippen molar-refractivity contribution in [1.82, 2.24) is 0 Å². The number of nitrogens with zero attached hydrogens (tertiary/aromatic N) is 1. The van der Waals surface area contributed by atoms with Gasteiger partial charge in [-0.15, -0.1) is 0 Å². The molecule has 0 radical (unpaired) electrons. The molecule has 4 aromatic carbocycles. The molecular weight excluding hydrogens is 448 g/mol. The number of aryl methyl sites for hydroxylation is 1. The fraction of sp³-hybridized carbons (Fsp3) is 0.219. The summed E-state index contributed by atoms with van der Waals surface area (Å²) in [4.78, 5) is 5.02. The lowest BCUT2D eigenvalue weighted by atomic mass is 9.99. The normalized spacial score (nSPS) is 11.6. The van der Waals surface area contributed by atoms with Crippen LogP contribution in [-0.4, -0.2) is 11.8 Å². The summed E-state index contributed by atoms with van der Waals surface area (Å²) in [5.41, 5.74) is 7.54. The third kappa shape index (κ3) is 7.07. The molecule has 1 atom stereocenters. The first-order valence-electron chi connectivity index (χ1n) is 12.4. The van der Waals surface area contributed by atoms with Gasteiger partial charge in [-0.2, -0.15) is 0 Å². The maximum atomic E-state index is 6.81. The van der Waals surface area contributed by atoms with Crippen molar-refractivity contribution in [1.29, 1.82) is 0 Å². The lowest BCUT2D eigenvalue weighted by Crippen LogP contribution is -2.22. The van der Waals surface area contributed by atoms with E-state index in [9.17, 15) is 0 Å². The average molecular weight is 481 g/mol. The molecule has 0 aromatic heterocycles. The number of aliphatic imine (C=N–C) groups is 1. The lowest BCUT2D eigenvalue weighted by molar-refractivity contribution is 0.605. The van der Waals surface area contributed by atoms with Gasteiger partial charge in [0.15, 0.2) is 0 Å². The van der Waals surface area contributed by atoms with E-state index in [1.807, 2.05) is 42.5 Å². The van der Waals surface area contributed by atoms with Crippen LogP contribution < -0.4 is 5.32 Å². The molecule has 0 saturated carbocycles. The Morgan fingerprint density at radius 2 is 1.46 bits per heavy atom. The van der Waals surface area contributed by atoms with Gasteiger partial charge < -0.3 is 5.32 Å². The zero-order valence-corrected chi connectivity index (χ0v) is 21.3. The van der Waals surface area contributed by atoms with Crippen LogP contribution in [-0.2, 0) is 6.42 Å². The van der Waals surface area contributed by atoms with Gasteiger partial charge in [-0.25, -0.2) is 4.99 Å². The molecule has 0 amide bonds. The highest BCUT2D eigenvalue weighted by Crippen LogP contribution is 2.27. The van der Waals surface area contributed by atoms with Crippen LogP contribution in [0.25, 0.3) is 0 Å². The first kappa shape index (κ1) is 24.8. The zero-order chi connectivity index (χ0) is 24.5. The Labute approximate surface area is 214 Å². The smallest absolute Gasteiger partial charge is 0.0781 e. The predicted molar refractivity (Wildman–Crippen MR) is 151 cm³/mol. The number of halogens is 1. The monoisotopic (exact) mass is 480 g/mol. The highest BCUT2D eigenvalue weighted by molar-refractivity contribution is 6.31. The first-order valence-corrected chi connectivity index (χ1v) is 12.8. The van der Waals surface area contributed by atoms with E-state index in [2.05, 4.69) is 79.8 Å². The molecule has 3 heteroatoms. The average Bonchev–Trinajstić information content (AvgIpc) is 2.89. The molecule has 0 saturated heterocycles. The molecule has 0 aliphatic rings. The van der Waals surface area contributed by atoms with E-state index in [1.165, 1.54) is 18.4 Å². The summed E-state index contributed by atoms with van der Waals surface area (Å²) in [6, 6.07) is 35.7. The summed E-state index contributed by atoms with van der Waals surface area (Å²) in [6.45, 7) is 4.35. The number of rotatable bonds is 10. The van der Waals surface area contributed by atoms with E-state index >= 15 is 0 Å². The van der Waals surface area contributed by atoms with E-state index in [-0.39, 0.29) is 0 Å². The van der Waals surface area contributed by atoms with Gasteiger partial charge in [0.05, 0.1) is 11.4 Å². The van der Waals surface area contributed by atoms with E-state index in [0.717, 1.165) is 51.6 Å². The second-order valence-electron chi connectivity index (χ2n) is 9.02. The van der Waals surface area contributed by atoms with E-state index < -0.39 is 0 Å². The van der Waals surface area contributed by atoms with Crippen molar-refractivity contribution in [2.24, 2.45) is 4.99 Å². The second-order valence-corrected chi connectivity index (χ2v) is 9.43. The summed E-state index contributed by atoms with van der Waals surface area (Å²) < 4.78 is 0. The van der Waals surface area contributed by atoms with Crippen LogP contribution in [0.3, 0.4) is 0 Å². The van der Waals surface area contributed by atoms with Crippen molar-refractivity contribution in [3.63, 3.8) is 0 Å². The minimum atomic E-state index is 0.328. The van der Waals surface area contributed by atoms with Crippen LogP contribution in [0.4, 0.5) is 11.4 Å². The number of hydrogen-bond donors (Lipinski definition) is 1. The number of nitrogens with one attached hydrogen (secondary N) is 1. The van der Waals surface area contributed by atoms with Crippen LogP contribution >= 0.6 is 11.6 Å². The SMILES string of the molecule is CCCCC(Cc1ccc(N=C(c2ccccc2)c2ccccc2)cc1Cl)Nc1ccc(C)cc1. The van der Waals surface area contributed by atoms with Crippen LogP contribution in [0.15, 0.2) is 108 Å². The molecule has 35 heavy (non-hydrogen) atoms. The summed E-state index contributed by atoms with van der Waals surface area (Å²) in [6.07, 6.45) is 4.34. The molecular formula is C32H33ClN2. The highest BCUT2D eigenvalue weighted by Gasteiger charge is 2.13. The van der Waals surface area contributed by atoms with E-state index in [0.29, 0.717) is 6.04 Å². The molecule has 0 aliphatic heterocycles. The third-order valence-electron chi connectivity index (χ3n) is 6.17. The topological polar surface area (TPSA) is 24.4 Å². The van der Waals surface area contributed by atoms with E-state index in [1.54, 1.807) is 0 Å². The minimum Gasteiger partial charge on any atom is -0.382 e. The fourth-order valence-electron chi connectivity index (χ4n) is 4.21. The third-order valence-corrected chi connectivity index (χ3v) is 6.52. The van der Waals surface area contributed by atoms with Gasteiger partial charge in [0, 0.05) is 27.9 Å². The molecule has 4 rings (SSSR count). The van der Waals surface area contributed by atoms with Crippen LogP contribution in [0.5, 0.6) is 0 Å². The summed E-state index contributed by atoms with van der Waals surface area (Å²) in [5.74, 6) is 0. The van der Waals surface area contributed by atoms with E-state index in [4.69, 9.17) is 16.6 Å². The van der Waals surface area contributed by atoms with Crippen LogP contribution in [0.1, 0.15) is 48.4 Å². The van der Waals surface area contributed by atoms with Gasteiger partial charge in [-0.05, 0) is 49.6 Å². The summed E-state index contributed by atoms with van der Waals surface area (Å²) >= 11 is 6.81. The second kappa shape index (κ2) is 12.4. The molecule has 4 aromatic rings. The van der Waals surface area contributed by atoms with Crippen LogP contribution in [0, 0.1) is 6.92 Å². The van der Waals surface area contributed by atoms with Crippen molar-refractivity contribution >= 4 is 28.7 Å². The standard InChI is InChI=1S/C32H33ClN2/c1-3-4-15-29(34-28-19-16-24(2)17-20-28)22-27-18-21-30(23-31(27)33)35-32(25-11-7-5-8-12-25)26-13-9-6-10-14-26/h5-14,16-21,23,29,34H,3-4,15,22H2,1-2H3. The van der Waals surface area contributed by atoms with Crippen molar-refractivity contribution in [3.8, 4) is 0 Å². The summed E-state index contributed by atoms with van der Waals surface area (Å²) in [5, 5.41) is 4.48. The van der Waals surface area contributed by atoms with Gasteiger partial charge in [0.1, 0.15) is 0 Å². The minimum absolute atomic E-state index is 0.328. The predicted octanol–water partition coefficient (Wildman–Crippen LogP) is 9.03. The quantitative estimate of drug-likeness (QED) is 0.225. The molecule has 1 unspecified atom stereocenters. The van der Waals surface area contributed by atoms with Crippen molar-refractivity contribution < 1.29 is 0 Å². The number of hydrogen-bond acceptors (Lipinski definition) is 2. The Kier molecular flexibility index (Phi) is 8.75. The number of unbranched alkanes of at least 4 members (excludes halogenated alkanes) is 1. The molecule has 2 nitrogen and oxygen atoms in total. The van der Waals surface area contributed by atoms with Gasteiger partial charge >= 0.3 is 0 Å². The molecule has 178 valence electrons. The van der Waals surface area contributed by atoms with Gasteiger partial charge in [0.2, 0.25) is 0 Å². The Bertz CT molecular complexity index is 1190. The molecule has 0 aliphatic carbocycles. The van der Waals surface area contributed by atoms with Gasteiger partial charge in [-0.1, -0.05) is 116 Å². The Hall–Kier alpha value is -3.36. The van der Waals surface area contributed by atoms with Gasteiger partial charge in [-0.3, -0.25) is 0 Å². The Balaban J connectivity index is 1.58. The first-order chi connectivity index (χ1) is 17.1. The van der Waals surface area contributed by atoms with Crippen molar-refractivity contribution in [3.05, 3.63) is 130 Å². The van der Waals surface area contributed by atoms with Crippen molar-refractivity contribution in [2.75, 3.05) is 5.32 Å². The highest BCUT2D eigenvalue weighted by atomic mass is 35.5. The zero-order valence-electron chi connectivity index (χ0n) is 20.5. The molecule has 0 heterocycles. The molecule has 0 spiro atoms.